The van der Waals surface area contributed by atoms with E-state index < -0.39 is 5.97 Å². The van der Waals surface area contributed by atoms with Crippen molar-refractivity contribution in [2.75, 3.05) is 25.5 Å². The highest BCUT2D eigenvalue weighted by Crippen LogP contribution is 2.19. The number of carbonyl (C=O) groups is 2. The maximum absolute atomic E-state index is 11.8. The van der Waals surface area contributed by atoms with Crippen molar-refractivity contribution in [3.8, 4) is 5.75 Å². The van der Waals surface area contributed by atoms with Gasteiger partial charge in [0, 0.05) is 28.8 Å². The molecule has 0 aliphatic heterocycles. The van der Waals surface area contributed by atoms with Gasteiger partial charge in [-0.2, -0.15) is 0 Å². The highest BCUT2D eigenvalue weighted by atomic mass is 32.2. The van der Waals surface area contributed by atoms with Gasteiger partial charge >= 0.3 is 5.97 Å². The first kappa shape index (κ1) is 20.6. The second kappa shape index (κ2) is 11.8. The quantitative estimate of drug-likeness (QED) is 0.293. The normalized spacial score (nSPS) is 10.6. The molecule has 0 fully saturated rings. The molecule has 2 aromatic rings. The van der Waals surface area contributed by atoms with Gasteiger partial charge in [0.1, 0.15) is 5.75 Å². The number of hydrogen-bond donors (Lipinski definition) is 1. The van der Waals surface area contributed by atoms with E-state index in [1.165, 1.54) is 6.08 Å². The number of rotatable bonds is 10. The molecule has 1 amide bonds. The number of ether oxygens (including phenoxy) is 2. The van der Waals surface area contributed by atoms with Crippen molar-refractivity contribution in [2.24, 2.45) is 0 Å². The largest absolute Gasteiger partial charge is 0.493 e. The maximum Gasteiger partial charge on any atom is 0.331 e. The molecule has 0 unspecified atom stereocenters. The molecule has 27 heavy (non-hydrogen) atoms. The second-order valence-electron chi connectivity index (χ2n) is 5.42. The molecule has 2 aromatic carbocycles. The number of hydrogen-bond acceptors (Lipinski definition) is 5. The Bertz CT molecular complexity index is 762. The number of nitrogens with one attached hydrogen (secondary N) is 1. The van der Waals surface area contributed by atoms with Crippen molar-refractivity contribution < 1.29 is 19.1 Å². The predicted octanol–water partition coefficient (Wildman–Crippen LogP) is 3.55. The Morgan fingerprint density at radius 3 is 2.59 bits per heavy atom. The van der Waals surface area contributed by atoms with Crippen LogP contribution in [0.1, 0.15) is 12.5 Å². The second-order valence-corrected chi connectivity index (χ2v) is 6.59. The van der Waals surface area contributed by atoms with Crippen LogP contribution in [0.2, 0.25) is 0 Å². The molecule has 0 saturated carbocycles. The molecule has 0 saturated heterocycles. The summed E-state index contributed by atoms with van der Waals surface area (Å²) in [6.07, 6.45) is 2.90. The van der Waals surface area contributed by atoms with Gasteiger partial charge in [0.05, 0.1) is 6.61 Å². The van der Waals surface area contributed by atoms with Crippen molar-refractivity contribution in [1.82, 2.24) is 5.32 Å². The summed E-state index contributed by atoms with van der Waals surface area (Å²) < 4.78 is 10.4. The number of thioether (sulfide) groups is 1. The van der Waals surface area contributed by atoms with Crippen LogP contribution in [0.5, 0.6) is 5.75 Å². The molecule has 6 heteroatoms. The molecule has 0 bridgehead atoms. The van der Waals surface area contributed by atoms with Crippen molar-refractivity contribution in [2.45, 2.75) is 11.8 Å². The van der Waals surface area contributed by atoms with Crippen molar-refractivity contribution in [3.63, 3.8) is 0 Å². The van der Waals surface area contributed by atoms with Crippen LogP contribution < -0.4 is 10.1 Å². The summed E-state index contributed by atoms with van der Waals surface area (Å²) in [6.45, 7) is 2.64. The summed E-state index contributed by atoms with van der Waals surface area (Å²) in [5, 5.41) is 2.73. The SMILES string of the molecule is CCOc1ccccc1/C=C/C(=O)OCC(=O)NCCSc1ccccc1. The van der Waals surface area contributed by atoms with Gasteiger partial charge in [-0.1, -0.05) is 36.4 Å². The average Bonchev–Trinajstić information content (AvgIpc) is 2.70. The summed E-state index contributed by atoms with van der Waals surface area (Å²) >= 11 is 1.65. The molecular weight excluding hydrogens is 362 g/mol. The van der Waals surface area contributed by atoms with E-state index in [1.807, 2.05) is 61.5 Å². The summed E-state index contributed by atoms with van der Waals surface area (Å²) in [7, 11) is 0. The van der Waals surface area contributed by atoms with Crippen LogP contribution in [0, 0.1) is 0 Å². The first-order chi connectivity index (χ1) is 13.2. The third kappa shape index (κ3) is 8.00. The van der Waals surface area contributed by atoms with E-state index in [1.54, 1.807) is 17.8 Å². The van der Waals surface area contributed by atoms with Crippen molar-refractivity contribution in [1.29, 1.82) is 0 Å². The highest BCUT2D eigenvalue weighted by molar-refractivity contribution is 7.99. The monoisotopic (exact) mass is 385 g/mol. The first-order valence-electron chi connectivity index (χ1n) is 8.70. The minimum Gasteiger partial charge on any atom is -0.493 e. The van der Waals surface area contributed by atoms with Crippen LogP contribution >= 0.6 is 11.8 Å². The van der Waals surface area contributed by atoms with Crippen LogP contribution in [-0.2, 0) is 14.3 Å². The minimum atomic E-state index is -0.574. The molecule has 5 nitrogen and oxygen atoms in total. The zero-order valence-corrected chi connectivity index (χ0v) is 16.0. The van der Waals surface area contributed by atoms with E-state index in [4.69, 9.17) is 9.47 Å². The van der Waals surface area contributed by atoms with Gasteiger partial charge in [0.2, 0.25) is 0 Å². The third-order valence-corrected chi connectivity index (χ3v) is 4.41. The van der Waals surface area contributed by atoms with Gasteiger partial charge in [0.15, 0.2) is 6.61 Å². The molecule has 0 aromatic heterocycles. The highest BCUT2D eigenvalue weighted by Gasteiger charge is 2.05. The molecule has 0 spiro atoms. The van der Waals surface area contributed by atoms with E-state index in [0.29, 0.717) is 18.9 Å². The number of carbonyl (C=O) groups excluding carboxylic acids is 2. The summed E-state index contributed by atoms with van der Waals surface area (Å²) in [4.78, 5) is 24.7. The van der Waals surface area contributed by atoms with Crippen LogP contribution in [0.4, 0.5) is 0 Å². The molecule has 1 N–H and O–H groups in total. The molecule has 0 heterocycles. The Labute approximate surface area is 163 Å². The average molecular weight is 385 g/mol. The fourth-order valence-electron chi connectivity index (χ4n) is 2.17. The predicted molar refractivity (Wildman–Crippen MR) is 108 cm³/mol. The van der Waals surface area contributed by atoms with Gasteiger partial charge in [-0.15, -0.1) is 11.8 Å². The molecule has 0 aliphatic carbocycles. The fourth-order valence-corrected chi connectivity index (χ4v) is 2.96. The Morgan fingerprint density at radius 2 is 1.81 bits per heavy atom. The van der Waals surface area contributed by atoms with E-state index in [0.717, 1.165) is 16.2 Å². The van der Waals surface area contributed by atoms with Crippen molar-refractivity contribution in [3.05, 3.63) is 66.2 Å². The van der Waals surface area contributed by atoms with Gasteiger partial charge in [-0.25, -0.2) is 4.79 Å². The van der Waals surface area contributed by atoms with E-state index in [-0.39, 0.29) is 12.5 Å². The van der Waals surface area contributed by atoms with Crippen molar-refractivity contribution >= 4 is 29.7 Å². The van der Waals surface area contributed by atoms with Crippen LogP contribution in [-0.4, -0.2) is 37.4 Å². The number of benzene rings is 2. The molecular formula is C21H23NO4S. The van der Waals surface area contributed by atoms with Gasteiger partial charge < -0.3 is 14.8 Å². The molecule has 0 radical (unpaired) electrons. The topological polar surface area (TPSA) is 64.6 Å². The zero-order valence-electron chi connectivity index (χ0n) is 15.2. The number of esters is 1. The summed E-state index contributed by atoms with van der Waals surface area (Å²) in [6, 6.07) is 17.3. The Morgan fingerprint density at radius 1 is 1.07 bits per heavy atom. The van der Waals surface area contributed by atoms with Gasteiger partial charge in [0.25, 0.3) is 5.91 Å². The first-order valence-corrected chi connectivity index (χ1v) is 9.69. The smallest absolute Gasteiger partial charge is 0.331 e. The Hall–Kier alpha value is -2.73. The fraction of sp³-hybridized carbons (Fsp3) is 0.238. The lowest BCUT2D eigenvalue weighted by atomic mass is 10.2. The zero-order chi connectivity index (χ0) is 19.3. The standard InChI is InChI=1S/C21H23NO4S/c1-2-25-19-11-7-6-8-17(19)12-13-21(24)26-16-20(23)22-14-15-27-18-9-4-3-5-10-18/h3-13H,2,14-16H2,1H3,(H,22,23)/b13-12+. The molecule has 142 valence electrons. The number of amides is 1. The molecule has 0 atom stereocenters. The number of para-hydroxylation sites is 1. The van der Waals surface area contributed by atoms with E-state index in [2.05, 4.69) is 5.32 Å². The Balaban J connectivity index is 1.66. The summed E-state index contributed by atoms with van der Waals surface area (Å²) in [5.41, 5.74) is 0.777. The van der Waals surface area contributed by atoms with Crippen LogP contribution in [0.25, 0.3) is 6.08 Å². The lowest BCUT2D eigenvalue weighted by Crippen LogP contribution is -2.30. The minimum absolute atomic E-state index is 0.299. The Kier molecular flexibility index (Phi) is 9.00. The lowest BCUT2D eigenvalue weighted by Gasteiger charge is -2.07. The summed E-state index contributed by atoms with van der Waals surface area (Å²) in [5.74, 6) is 0.547. The van der Waals surface area contributed by atoms with Gasteiger partial charge in [-0.05, 0) is 31.2 Å². The van der Waals surface area contributed by atoms with Gasteiger partial charge in [-0.3, -0.25) is 4.79 Å². The van der Waals surface area contributed by atoms with Crippen LogP contribution in [0.3, 0.4) is 0 Å². The molecule has 2 rings (SSSR count). The maximum atomic E-state index is 11.8. The third-order valence-electron chi connectivity index (χ3n) is 3.40. The van der Waals surface area contributed by atoms with Crippen LogP contribution in [0.15, 0.2) is 65.6 Å². The van der Waals surface area contributed by atoms with E-state index >= 15 is 0 Å². The molecule has 0 aliphatic rings. The van der Waals surface area contributed by atoms with E-state index in [9.17, 15) is 9.59 Å². The lowest BCUT2D eigenvalue weighted by molar-refractivity contribution is -0.143.